The Kier molecular flexibility index (Phi) is 6.56. The van der Waals surface area contributed by atoms with Gasteiger partial charge in [-0.3, -0.25) is 0 Å². The van der Waals surface area contributed by atoms with Crippen LogP contribution in [0.15, 0.2) is 197 Å². The molecule has 0 atom stereocenters. The summed E-state index contributed by atoms with van der Waals surface area (Å²) in [4.78, 5) is 7.30. The molecule has 0 aliphatic heterocycles. The standard InChI is InChI=1S/C51H31N3O2/c1-3-11-34(12-4-1)51-52-44-27-22-33-20-19-32-21-23-36(29-42(32)49(33)50(44)56-51)53(37-25-28-48-43(30-37)41-16-8-10-18-47(41)55-48)38-24-26-40-39-15-7-9-17-45(39)54(46(40)31-38)35-13-5-2-6-14-35/h1-31H. The lowest BCUT2D eigenvalue weighted by Crippen LogP contribution is -2.10. The molecule has 12 rings (SSSR count). The molecule has 3 heterocycles. The van der Waals surface area contributed by atoms with Crippen LogP contribution in [-0.2, 0) is 0 Å². The average Bonchev–Trinajstić information content (AvgIpc) is 3.96. The molecule has 0 saturated carbocycles. The fourth-order valence-corrected chi connectivity index (χ4v) is 8.61. The molecule has 0 fully saturated rings. The molecule has 0 radical (unpaired) electrons. The van der Waals surface area contributed by atoms with Gasteiger partial charge in [0.25, 0.3) is 0 Å². The monoisotopic (exact) mass is 717 g/mol. The van der Waals surface area contributed by atoms with Gasteiger partial charge in [0.2, 0.25) is 5.89 Å². The molecular formula is C51H31N3O2. The molecule has 0 aliphatic rings. The topological polar surface area (TPSA) is 47.3 Å². The van der Waals surface area contributed by atoms with E-state index in [0.29, 0.717) is 5.89 Å². The van der Waals surface area contributed by atoms with Crippen LogP contribution >= 0.6 is 0 Å². The third kappa shape index (κ3) is 4.64. The van der Waals surface area contributed by atoms with Crippen molar-refractivity contribution in [1.29, 1.82) is 0 Å². The van der Waals surface area contributed by atoms with Crippen molar-refractivity contribution in [2.75, 3.05) is 4.90 Å². The number of anilines is 3. The Bertz CT molecular complexity index is 3490. The largest absolute Gasteiger partial charge is 0.456 e. The van der Waals surface area contributed by atoms with Gasteiger partial charge >= 0.3 is 0 Å². The quantitative estimate of drug-likeness (QED) is 0.166. The number of furan rings is 1. The van der Waals surface area contributed by atoms with Gasteiger partial charge in [-0.15, -0.1) is 0 Å². The number of benzene rings is 9. The van der Waals surface area contributed by atoms with Crippen LogP contribution < -0.4 is 4.90 Å². The zero-order valence-corrected chi connectivity index (χ0v) is 30.1. The van der Waals surface area contributed by atoms with E-state index in [1.165, 1.54) is 16.3 Å². The first kappa shape index (κ1) is 30.8. The number of aromatic nitrogens is 2. The summed E-state index contributed by atoms with van der Waals surface area (Å²) in [6, 6.07) is 66.3. The summed E-state index contributed by atoms with van der Waals surface area (Å²) in [5.74, 6) is 0.616. The molecule has 0 amide bonds. The highest BCUT2D eigenvalue weighted by atomic mass is 16.3. The van der Waals surface area contributed by atoms with Gasteiger partial charge in [-0.05, 0) is 101 Å². The van der Waals surface area contributed by atoms with Crippen molar-refractivity contribution in [2.24, 2.45) is 0 Å². The van der Waals surface area contributed by atoms with Gasteiger partial charge in [-0.2, -0.15) is 0 Å². The lowest BCUT2D eigenvalue weighted by molar-refractivity contribution is 0.623. The Morgan fingerprint density at radius 3 is 1.93 bits per heavy atom. The number of para-hydroxylation sites is 3. The Morgan fingerprint density at radius 1 is 0.429 bits per heavy atom. The van der Waals surface area contributed by atoms with Crippen LogP contribution in [0.25, 0.3) is 93.5 Å². The van der Waals surface area contributed by atoms with E-state index in [2.05, 4.69) is 155 Å². The maximum absolute atomic E-state index is 6.62. The number of hydrogen-bond acceptors (Lipinski definition) is 4. The van der Waals surface area contributed by atoms with E-state index in [-0.39, 0.29) is 0 Å². The van der Waals surface area contributed by atoms with Crippen LogP contribution in [-0.4, -0.2) is 9.55 Å². The van der Waals surface area contributed by atoms with E-state index in [9.17, 15) is 0 Å². The Hall–Kier alpha value is -7.63. The Labute approximate surface area is 320 Å². The fraction of sp³-hybridized carbons (Fsp3) is 0. The SMILES string of the molecule is c1ccc(-c2nc3ccc4ccc5ccc(N(c6ccc7oc8ccccc8c7c6)c6ccc7c8ccccc8n(-c8ccccc8)c7c6)cc5c4c3o2)cc1. The van der Waals surface area contributed by atoms with Crippen molar-refractivity contribution in [3.63, 3.8) is 0 Å². The molecule has 12 aromatic rings. The van der Waals surface area contributed by atoms with Crippen LogP contribution in [0.3, 0.4) is 0 Å². The fourth-order valence-electron chi connectivity index (χ4n) is 8.61. The number of oxazole rings is 1. The van der Waals surface area contributed by atoms with Crippen LogP contribution in [0.5, 0.6) is 0 Å². The van der Waals surface area contributed by atoms with Crippen LogP contribution in [0.4, 0.5) is 17.1 Å². The number of rotatable bonds is 5. The van der Waals surface area contributed by atoms with Crippen molar-refractivity contribution in [1.82, 2.24) is 9.55 Å². The van der Waals surface area contributed by atoms with Crippen molar-refractivity contribution >= 4 is 93.5 Å². The molecule has 5 nitrogen and oxygen atoms in total. The molecular weight excluding hydrogens is 687 g/mol. The summed E-state index contributed by atoms with van der Waals surface area (Å²) in [6.45, 7) is 0. The van der Waals surface area contributed by atoms with Gasteiger partial charge in [0.15, 0.2) is 5.58 Å². The highest BCUT2D eigenvalue weighted by Gasteiger charge is 2.21. The van der Waals surface area contributed by atoms with E-state index < -0.39 is 0 Å². The van der Waals surface area contributed by atoms with Crippen LogP contribution in [0.1, 0.15) is 0 Å². The van der Waals surface area contributed by atoms with E-state index >= 15 is 0 Å². The first-order valence-electron chi connectivity index (χ1n) is 18.9. The lowest BCUT2D eigenvalue weighted by Gasteiger charge is -2.26. The zero-order valence-electron chi connectivity index (χ0n) is 30.1. The summed E-state index contributed by atoms with van der Waals surface area (Å²) >= 11 is 0. The molecule has 0 unspecified atom stereocenters. The molecule has 262 valence electrons. The summed E-state index contributed by atoms with van der Waals surface area (Å²) in [5, 5.41) is 8.97. The third-order valence-electron chi connectivity index (χ3n) is 11.2. The third-order valence-corrected chi connectivity index (χ3v) is 11.2. The minimum absolute atomic E-state index is 0.616. The van der Waals surface area contributed by atoms with Gasteiger partial charge in [0.05, 0.1) is 11.0 Å². The van der Waals surface area contributed by atoms with Crippen molar-refractivity contribution in [3.05, 3.63) is 188 Å². The lowest BCUT2D eigenvalue weighted by atomic mass is 10.00. The highest BCUT2D eigenvalue weighted by molar-refractivity contribution is 6.19. The van der Waals surface area contributed by atoms with E-state index in [0.717, 1.165) is 88.4 Å². The smallest absolute Gasteiger partial charge is 0.227 e. The van der Waals surface area contributed by atoms with E-state index in [4.69, 9.17) is 13.8 Å². The normalized spacial score (nSPS) is 11.9. The summed E-state index contributed by atoms with van der Waals surface area (Å²) in [7, 11) is 0. The number of nitrogens with zero attached hydrogens (tertiary/aromatic N) is 3. The highest BCUT2D eigenvalue weighted by Crippen LogP contribution is 2.44. The van der Waals surface area contributed by atoms with Crippen molar-refractivity contribution < 1.29 is 8.83 Å². The first-order chi connectivity index (χ1) is 27.7. The second kappa shape index (κ2) is 11.9. The maximum Gasteiger partial charge on any atom is 0.227 e. The predicted octanol–water partition coefficient (Wildman–Crippen LogP) is 14.3. The van der Waals surface area contributed by atoms with Crippen molar-refractivity contribution in [3.8, 4) is 17.1 Å². The van der Waals surface area contributed by atoms with Crippen LogP contribution in [0, 0.1) is 0 Å². The molecule has 0 bridgehead atoms. The van der Waals surface area contributed by atoms with Crippen molar-refractivity contribution in [2.45, 2.75) is 0 Å². The molecule has 5 heteroatoms. The van der Waals surface area contributed by atoms with Gasteiger partial charge < -0.3 is 18.3 Å². The molecule has 9 aromatic carbocycles. The van der Waals surface area contributed by atoms with Gasteiger partial charge in [-0.1, -0.05) is 103 Å². The van der Waals surface area contributed by atoms with Crippen LogP contribution in [0.2, 0.25) is 0 Å². The second-order valence-electron chi connectivity index (χ2n) is 14.4. The molecule has 56 heavy (non-hydrogen) atoms. The zero-order chi connectivity index (χ0) is 36.7. The summed E-state index contributed by atoms with van der Waals surface area (Å²) in [6.07, 6.45) is 0. The van der Waals surface area contributed by atoms with E-state index in [1.807, 2.05) is 42.5 Å². The first-order valence-corrected chi connectivity index (χ1v) is 18.9. The second-order valence-corrected chi connectivity index (χ2v) is 14.4. The molecule has 0 saturated heterocycles. The maximum atomic E-state index is 6.62. The summed E-state index contributed by atoms with van der Waals surface area (Å²) < 4.78 is 15.3. The molecule has 0 spiro atoms. The predicted molar refractivity (Wildman–Crippen MR) is 231 cm³/mol. The molecule has 0 N–H and O–H groups in total. The molecule has 3 aromatic heterocycles. The Balaban J connectivity index is 1.13. The van der Waals surface area contributed by atoms with Gasteiger partial charge in [-0.25, -0.2) is 4.98 Å². The Morgan fingerprint density at radius 2 is 1.05 bits per heavy atom. The minimum atomic E-state index is 0.616. The average molecular weight is 718 g/mol. The number of hydrogen-bond donors (Lipinski definition) is 0. The van der Waals surface area contributed by atoms with Gasteiger partial charge in [0.1, 0.15) is 16.7 Å². The molecule has 0 aliphatic carbocycles. The minimum Gasteiger partial charge on any atom is -0.456 e. The summed E-state index contributed by atoms with van der Waals surface area (Å²) in [5.41, 5.74) is 10.8. The van der Waals surface area contributed by atoms with E-state index in [1.54, 1.807) is 0 Å². The number of fused-ring (bicyclic) bond motifs is 11. The van der Waals surface area contributed by atoms with Gasteiger partial charge in [0, 0.05) is 55.2 Å².